The van der Waals surface area contributed by atoms with Crippen molar-refractivity contribution in [2.75, 3.05) is 26.2 Å². The number of carbonyl (C=O) groups excluding carboxylic acids is 1. The minimum atomic E-state index is -1.16. The Morgan fingerprint density at radius 2 is 1.46 bits per heavy atom. The number of aliphatic carboxylic acids is 3. The van der Waals surface area contributed by atoms with Crippen molar-refractivity contribution in [3.05, 3.63) is 53.6 Å². The van der Waals surface area contributed by atoms with E-state index >= 15 is 0 Å². The predicted molar refractivity (Wildman–Crippen MR) is 146 cm³/mol. The molecule has 0 atom stereocenters. The second-order valence-corrected chi connectivity index (χ2v) is 9.54. The molecule has 0 aliphatic rings. The highest BCUT2D eigenvalue weighted by atomic mass is 16.4. The Morgan fingerprint density at radius 1 is 0.829 bits per heavy atom. The Morgan fingerprint density at radius 3 is 2.07 bits per heavy atom. The Hall–Kier alpha value is -4.43. The summed E-state index contributed by atoms with van der Waals surface area (Å²) in [6.07, 6.45) is 6.12. The molecule has 0 bridgehead atoms. The molecule has 41 heavy (non-hydrogen) atoms. The van der Waals surface area contributed by atoms with Crippen LogP contribution in [-0.4, -0.2) is 99.5 Å². The summed E-state index contributed by atoms with van der Waals surface area (Å²) >= 11 is 0. The molecule has 0 aliphatic carbocycles. The minimum absolute atomic E-state index is 0.0143. The van der Waals surface area contributed by atoms with Gasteiger partial charge in [-0.3, -0.25) is 29.0 Å². The smallest absolute Gasteiger partial charge is 0.317 e. The first-order valence-electron chi connectivity index (χ1n) is 13.3. The average molecular weight is 570 g/mol. The molecule has 0 radical (unpaired) electrons. The number of pyridine rings is 1. The zero-order valence-corrected chi connectivity index (χ0v) is 23.1. The molecule has 3 aromatic rings. The summed E-state index contributed by atoms with van der Waals surface area (Å²) in [5.41, 5.74) is 1.75. The normalized spacial score (nSPS) is 11.3. The van der Waals surface area contributed by atoms with E-state index in [1.165, 1.54) is 9.58 Å². The number of rotatable bonds is 18. The standard InChI is InChI=1S/C27H35N7O7/c1-3-31(4-2)14-19-13-28-34(15-19)24-12-20(22(35)7-5-6-8-25(36)37)11-23(29-24)33-10-9-21(30-33)16-32(17-26(38)39)18-27(40)41/h9-13,15H,3-8,14,16-18H2,1-2H3,(H,36,37)(H,38,39)(H,40,41). The van der Waals surface area contributed by atoms with E-state index in [0.717, 1.165) is 18.7 Å². The summed E-state index contributed by atoms with van der Waals surface area (Å²) in [7, 11) is 0. The van der Waals surface area contributed by atoms with Crippen molar-refractivity contribution in [3.8, 4) is 11.6 Å². The van der Waals surface area contributed by atoms with Gasteiger partial charge in [0, 0.05) is 49.5 Å². The van der Waals surface area contributed by atoms with Crippen molar-refractivity contribution in [1.82, 2.24) is 34.3 Å². The third-order valence-corrected chi connectivity index (χ3v) is 6.32. The van der Waals surface area contributed by atoms with Gasteiger partial charge in [0.15, 0.2) is 17.4 Å². The van der Waals surface area contributed by atoms with Crippen LogP contribution in [0.3, 0.4) is 0 Å². The molecule has 0 spiro atoms. The van der Waals surface area contributed by atoms with Gasteiger partial charge in [-0.1, -0.05) is 13.8 Å². The first kappa shape index (κ1) is 31.1. The molecular formula is C27H35N7O7. The van der Waals surface area contributed by atoms with Gasteiger partial charge >= 0.3 is 17.9 Å². The summed E-state index contributed by atoms with van der Waals surface area (Å²) in [5, 5.41) is 36.0. The molecule has 0 unspecified atom stereocenters. The van der Waals surface area contributed by atoms with Gasteiger partial charge < -0.3 is 15.3 Å². The summed E-state index contributed by atoms with van der Waals surface area (Å²) < 4.78 is 3.01. The van der Waals surface area contributed by atoms with Gasteiger partial charge in [-0.2, -0.15) is 10.2 Å². The first-order valence-corrected chi connectivity index (χ1v) is 13.3. The van der Waals surface area contributed by atoms with Crippen molar-refractivity contribution in [3.63, 3.8) is 0 Å². The summed E-state index contributed by atoms with van der Waals surface area (Å²) in [6, 6.07) is 4.82. The lowest BCUT2D eigenvalue weighted by molar-refractivity contribution is -0.142. The number of carbonyl (C=O) groups is 4. The van der Waals surface area contributed by atoms with E-state index < -0.39 is 31.0 Å². The molecule has 0 saturated carbocycles. The van der Waals surface area contributed by atoms with E-state index in [9.17, 15) is 19.2 Å². The van der Waals surface area contributed by atoms with Crippen LogP contribution < -0.4 is 0 Å². The molecule has 220 valence electrons. The monoisotopic (exact) mass is 569 g/mol. The molecule has 0 amide bonds. The third-order valence-electron chi connectivity index (χ3n) is 6.32. The summed E-state index contributed by atoms with van der Waals surface area (Å²) in [4.78, 5) is 54.3. The van der Waals surface area contributed by atoms with Gasteiger partial charge in [-0.25, -0.2) is 14.3 Å². The largest absolute Gasteiger partial charge is 0.481 e. The molecule has 3 heterocycles. The van der Waals surface area contributed by atoms with Gasteiger partial charge in [-0.15, -0.1) is 0 Å². The van der Waals surface area contributed by atoms with Crippen LogP contribution in [0.2, 0.25) is 0 Å². The number of hydrogen-bond donors (Lipinski definition) is 3. The van der Waals surface area contributed by atoms with Gasteiger partial charge in [-0.05, 0) is 44.1 Å². The fraction of sp³-hybridized carbons (Fsp3) is 0.444. The van der Waals surface area contributed by atoms with E-state index in [1.807, 2.05) is 6.20 Å². The Balaban J connectivity index is 1.91. The quantitative estimate of drug-likeness (QED) is 0.150. The molecule has 0 fully saturated rings. The lowest BCUT2D eigenvalue weighted by Crippen LogP contribution is -2.34. The highest BCUT2D eigenvalue weighted by Crippen LogP contribution is 2.18. The van der Waals surface area contributed by atoms with Crippen LogP contribution in [0, 0.1) is 0 Å². The number of nitrogens with zero attached hydrogens (tertiary/aromatic N) is 7. The van der Waals surface area contributed by atoms with Crippen molar-refractivity contribution >= 4 is 23.7 Å². The zero-order chi connectivity index (χ0) is 29.9. The van der Waals surface area contributed by atoms with Crippen molar-refractivity contribution in [2.24, 2.45) is 0 Å². The van der Waals surface area contributed by atoms with Gasteiger partial charge in [0.05, 0.1) is 25.0 Å². The minimum Gasteiger partial charge on any atom is -0.481 e. The van der Waals surface area contributed by atoms with Crippen LogP contribution in [0.25, 0.3) is 11.6 Å². The second-order valence-electron chi connectivity index (χ2n) is 9.54. The molecule has 3 rings (SSSR count). The van der Waals surface area contributed by atoms with Crippen LogP contribution in [0.5, 0.6) is 0 Å². The number of Topliss-reactive ketones (excluding diaryl/α,β-unsaturated/α-hetero) is 1. The summed E-state index contributed by atoms with van der Waals surface area (Å²) in [6.45, 7) is 5.66. The molecular weight excluding hydrogens is 534 g/mol. The maximum Gasteiger partial charge on any atom is 0.317 e. The van der Waals surface area contributed by atoms with E-state index in [0.29, 0.717) is 42.3 Å². The third kappa shape index (κ3) is 9.61. The number of unbranched alkanes of at least 4 members (excludes halogenated alkanes) is 1. The molecule has 0 saturated heterocycles. The van der Waals surface area contributed by atoms with Gasteiger partial charge in [0.25, 0.3) is 0 Å². The molecule has 0 aliphatic heterocycles. The van der Waals surface area contributed by atoms with E-state index in [-0.39, 0.29) is 25.2 Å². The number of hydrogen-bond acceptors (Lipinski definition) is 9. The van der Waals surface area contributed by atoms with Gasteiger partial charge in [0.2, 0.25) is 0 Å². The number of carboxylic acid groups (broad SMARTS) is 3. The van der Waals surface area contributed by atoms with Crippen molar-refractivity contribution in [1.29, 1.82) is 0 Å². The van der Waals surface area contributed by atoms with Crippen LogP contribution in [-0.2, 0) is 27.5 Å². The van der Waals surface area contributed by atoms with E-state index in [2.05, 4.69) is 33.9 Å². The van der Waals surface area contributed by atoms with Crippen LogP contribution in [0.1, 0.15) is 61.1 Å². The van der Waals surface area contributed by atoms with Gasteiger partial charge in [0.1, 0.15) is 0 Å². The van der Waals surface area contributed by atoms with E-state index in [1.54, 1.807) is 35.3 Å². The highest BCUT2D eigenvalue weighted by molar-refractivity contribution is 5.96. The highest BCUT2D eigenvalue weighted by Gasteiger charge is 2.18. The first-order chi connectivity index (χ1) is 19.6. The molecule has 3 aromatic heterocycles. The fourth-order valence-electron chi connectivity index (χ4n) is 4.23. The Kier molecular flexibility index (Phi) is 11.2. The van der Waals surface area contributed by atoms with Crippen molar-refractivity contribution < 1.29 is 34.5 Å². The average Bonchev–Trinajstić information content (AvgIpc) is 3.58. The zero-order valence-electron chi connectivity index (χ0n) is 23.1. The lowest BCUT2D eigenvalue weighted by atomic mass is 10.1. The Bertz CT molecular complexity index is 1350. The summed E-state index contributed by atoms with van der Waals surface area (Å²) in [5.74, 6) is -2.72. The lowest BCUT2D eigenvalue weighted by Gasteiger charge is -2.16. The van der Waals surface area contributed by atoms with E-state index in [4.69, 9.17) is 15.3 Å². The van der Waals surface area contributed by atoms with Crippen LogP contribution in [0.4, 0.5) is 0 Å². The number of aromatic nitrogens is 5. The van der Waals surface area contributed by atoms with Crippen molar-refractivity contribution in [2.45, 2.75) is 52.6 Å². The number of ketones is 1. The molecule has 14 heteroatoms. The van der Waals surface area contributed by atoms with Crippen LogP contribution >= 0.6 is 0 Å². The fourth-order valence-corrected chi connectivity index (χ4v) is 4.23. The van der Waals surface area contributed by atoms with Crippen LogP contribution in [0.15, 0.2) is 36.8 Å². The maximum atomic E-state index is 13.1. The molecule has 3 N–H and O–H groups in total. The maximum absolute atomic E-state index is 13.1. The molecule has 14 nitrogen and oxygen atoms in total. The second kappa shape index (κ2) is 14.8. The topological polar surface area (TPSA) is 184 Å². The Labute approximate surface area is 236 Å². The predicted octanol–water partition coefficient (Wildman–Crippen LogP) is 2.09. The number of carboxylic acids is 3. The molecule has 0 aromatic carbocycles. The SMILES string of the molecule is CCN(CC)Cc1cnn(-c2cc(C(=O)CCCCC(=O)O)cc(-n3ccc(CN(CC(=O)O)CC(=O)O)n3)n2)c1.